The molecule has 142 valence electrons. The molecule has 0 bridgehead atoms. The van der Waals surface area contributed by atoms with E-state index in [1.807, 2.05) is 6.07 Å². The molecule has 0 fully saturated rings. The van der Waals surface area contributed by atoms with E-state index in [2.05, 4.69) is 0 Å². The predicted octanol–water partition coefficient (Wildman–Crippen LogP) is 6.04. The smallest absolute Gasteiger partial charge is 0.415 e. The number of carbonyl (C=O) groups excluding carboxylic acids is 1. The number of nitrogens with zero attached hydrogens (tertiary/aromatic N) is 1. The molecule has 0 saturated carbocycles. The van der Waals surface area contributed by atoms with Gasteiger partial charge in [-0.05, 0) is 38.0 Å². The third-order valence-electron chi connectivity index (χ3n) is 4.05. The van der Waals surface area contributed by atoms with Gasteiger partial charge in [-0.25, -0.2) is 4.79 Å². The van der Waals surface area contributed by atoms with E-state index in [0.29, 0.717) is 16.0 Å². The molecule has 2 aromatic rings. The Morgan fingerprint density at radius 2 is 1.59 bits per heavy atom. The summed E-state index contributed by atoms with van der Waals surface area (Å²) >= 11 is 0. The number of carbonyl (C=O) groups is 1. The number of halogens is 3. The quantitative estimate of drug-likeness (QED) is 0.608. The van der Waals surface area contributed by atoms with Crippen LogP contribution in [0.15, 0.2) is 54.6 Å². The van der Waals surface area contributed by atoms with Gasteiger partial charge in [0.2, 0.25) is 0 Å². The molecule has 27 heavy (non-hydrogen) atoms. The van der Waals surface area contributed by atoms with Crippen LogP contribution in [-0.2, 0) is 4.74 Å². The predicted molar refractivity (Wildman–Crippen MR) is 97.6 cm³/mol. The van der Waals surface area contributed by atoms with Crippen LogP contribution in [0.2, 0.25) is 0 Å². The van der Waals surface area contributed by atoms with Crippen molar-refractivity contribution < 1.29 is 22.7 Å². The molecule has 6 heteroatoms. The van der Waals surface area contributed by atoms with Gasteiger partial charge in [0.15, 0.2) is 6.04 Å². The summed E-state index contributed by atoms with van der Waals surface area (Å²) in [7, 11) is 0. The third-order valence-corrected chi connectivity index (χ3v) is 4.05. The monoisotopic (exact) mass is 375 g/mol. The SMILES string of the molecule is CC(C)(C)OC(=O)N1/C(=C/c2ccccc2)c2ccccc2[C@H]1C(F)(F)F. The molecule has 1 atom stereocenters. The molecule has 0 aliphatic carbocycles. The number of alkyl halides is 3. The third kappa shape index (κ3) is 3.99. The summed E-state index contributed by atoms with van der Waals surface area (Å²) in [5, 5.41) is 0. The summed E-state index contributed by atoms with van der Waals surface area (Å²) in [6.07, 6.45) is -4.09. The average molecular weight is 375 g/mol. The second kappa shape index (κ2) is 6.76. The van der Waals surface area contributed by atoms with Gasteiger partial charge in [0, 0.05) is 5.56 Å². The second-order valence-corrected chi connectivity index (χ2v) is 7.32. The van der Waals surface area contributed by atoms with Crippen molar-refractivity contribution in [2.75, 3.05) is 0 Å². The first kappa shape index (κ1) is 19.0. The highest BCUT2D eigenvalue weighted by Crippen LogP contribution is 2.50. The minimum atomic E-state index is -4.64. The van der Waals surface area contributed by atoms with E-state index >= 15 is 0 Å². The van der Waals surface area contributed by atoms with Crippen molar-refractivity contribution >= 4 is 17.9 Å². The summed E-state index contributed by atoms with van der Waals surface area (Å²) in [6.45, 7) is 4.87. The largest absolute Gasteiger partial charge is 0.443 e. The molecule has 3 nitrogen and oxygen atoms in total. The molecule has 0 radical (unpaired) electrons. The molecule has 0 N–H and O–H groups in total. The van der Waals surface area contributed by atoms with Gasteiger partial charge in [-0.2, -0.15) is 13.2 Å². The summed E-state index contributed by atoms with van der Waals surface area (Å²) in [5.74, 6) is 0. The van der Waals surface area contributed by atoms with Crippen molar-refractivity contribution in [3.63, 3.8) is 0 Å². The molecule has 3 rings (SSSR count). The number of hydrogen-bond acceptors (Lipinski definition) is 2. The Labute approximate surface area is 156 Å². The van der Waals surface area contributed by atoms with Gasteiger partial charge >= 0.3 is 12.3 Å². The topological polar surface area (TPSA) is 29.5 Å². The van der Waals surface area contributed by atoms with Crippen LogP contribution in [0, 0.1) is 0 Å². The fraction of sp³-hybridized carbons (Fsp3) is 0.286. The molecule has 0 spiro atoms. The molecule has 1 heterocycles. The van der Waals surface area contributed by atoms with Crippen molar-refractivity contribution in [3.8, 4) is 0 Å². The number of ether oxygens (including phenoxy) is 1. The van der Waals surface area contributed by atoms with Crippen LogP contribution in [0.4, 0.5) is 18.0 Å². The Morgan fingerprint density at radius 3 is 2.19 bits per heavy atom. The maximum atomic E-state index is 13.9. The van der Waals surface area contributed by atoms with Crippen LogP contribution >= 0.6 is 0 Å². The van der Waals surface area contributed by atoms with E-state index in [4.69, 9.17) is 4.74 Å². The highest BCUT2D eigenvalue weighted by molar-refractivity contribution is 5.94. The van der Waals surface area contributed by atoms with Crippen LogP contribution in [-0.4, -0.2) is 22.8 Å². The second-order valence-electron chi connectivity index (χ2n) is 7.32. The fourth-order valence-corrected chi connectivity index (χ4v) is 3.07. The average Bonchev–Trinajstić information content (AvgIpc) is 2.89. The van der Waals surface area contributed by atoms with Crippen molar-refractivity contribution in [1.29, 1.82) is 0 Å². The summed E-state index contributed by atoms with van der Waals surface area (Å²) in [4.78, 5) is 13.5. The molecule has 0 aromatic heterocycles. The highest BCUT2D eigenvalue weighted by Gasteiger charge is 2.53. The standard InChI is InChI=1S/C21H20F3NO2/c1-20(2,3)27-19(26)25-17(13-14-9-5-4-6-10-14)15-11-7-8-12-16(15)18(25)21(22,23)24/h4-13,18H,1-3H3/b17-13+/t18-/m0/s1. The van der Waals surface area contributed by atoms with E-state index in [1.165, 1.54) is 12.1 Å². The van der Waals surface area contributed by atoms with Gasteiger partial charge in [0.05, 0.1) is 5.70 Å². The Morgan fingerprint density at radius 1 is 1.00 bits per heavy atom. The van der Waals surface area contributed by atoms with Gasteiger partial charge in [-0.1, -0.05) is 54.6 Å². The molecule has 0 saturated heterocycles. The Hall–Kier alpha value is -2.76. The number of rotatable bonds is 1. The van der Waals surface area contributed by atoms with E-state index < -0.39 is 23.9 Å². The Kier molecular flexibility index (Phi) is 4.76. The van der Waals surface area contributed by atoms with Gasteiger partial charge < -0.3 is 4.74 Å². The normalized spacial score (nSPS) is 18.5. The number of benzene rings is 2. The minimum Gasteiger partial charge on any atom is -0.443 e. The summed E-state index contributed by atoms with van der Waals surface area (Å²) < 4.78 is 47.0. The van der Waals surface area contributed by atoms with Crippen LogP contribution in [0.25, 0.3) is 11.8 Å². The van der Waals surface area contributed by atoms with Gasteiger partial charge in [-0.3, -0.25) is 4.90 Å². The first-order valence-corrected chi connectivity index (χ1v) is 8.53. The number of amides is 1. The van der Waals surface area contributed by atoms with Crippen molar-refractivity contribution in [3.05, 3.63) is 71.3 Å². The summed E-state index contributed by atoms with van der Waals surface area (Å²) in [5.41, 5.74) is 0.361. The zero-order chi connectivity index (χ0) is 19.8. The zero-order valence-electron chi connectivity index (χ0n) is 15.2. The van der Waals surface area contributed by atoms with Crippen molar-refractivity contribution in [2.24, 2.45) is 0 Å². The lowest BCUT2D eigenvalue weighted by Crippen LogP contribution is -2.40. The van der Waals surface area contributed by atoms with E-state index in [0.717, 1.165) is 0 Å². The molecular formula is C21H20F3NO2. The Bertz CT molecular complexity index is 867. The van der Waals surface area contributed by atoms with Gasteiger partial charge in [0.1, 0.15) is 5.60 Å². The van der Waals surface area contributed by atoms with Gasteiger partial charge in [0.25, 0.3) is 0 Å². The number of fused-ring (bicyclic) bond motifs is 1. The number of hydrogen-bond donors (Lipinski definition) is 0. The highest BCUT2D eigenvalue weighted by atomic mass is 19.4. The minimum absolute atomic E-state index is 0.0399. The van der Waals surface area contributed by atoms with Crippen molar-refractivity contribution in [2.45, 2.75) is 38.6 Å². The summed E-state index contributed by atoms with van der Waals surface area (Å²) in [6, 6.07) is 13.0. The van der Waals surface area contributed by atoms with Crippen molar-refractivity contribution in [1.82, 2.24) is 4.90 Å². The van der Waals surface area contributed by atoms with Crippen LogP contribution in [0.1, 0.15) is 43.5 Å². The van der Waals surface area contributed by atoms with E-state index in [1.54, 1.807) is 63.2 Å². The molecule has 1 aliphatic rings. The lowest BCUT2D eigenvalue weighted by atomic mass is 10.0. The fourth-order valence-electron chi connectivity index (χ4n) is 3.07. The lowest BCUT2D eigenvalue weighted by molar-refractivity contribution is -0.173. The molecule has 2 aromatic carbocycles. The molecular weight excluding hydrogens is 355 g/mol. The first-order chi connectivity index (χ1) is 12.6. The van der Waals surface area contributed by atoms with Crippen LogP contribution in [0.5, 0.6) is 0 Å². The maximum absolute atomic E-state index is 13.9. The van der Waals surface area contributed by atoms with E-state index in [-0.39, 0.29) is 11.3 Å². The molecule has 0 unspecified atom stereocenters. The van der Waals surface area contributed by atoms with E-state index in [9.17, 15) is 18.0 Å². The van der Waals surface area contributed by atoms with Gasteiger partial charge in [-0.15, -0.1) is 0 Å². The first-order valence-electron chi connectivity index (χ1n) is 8.53. The Balaban J connectivity index is 2.18. The van der Waals surface area contributed by atoms with Crippen LogP contribution in [0.3, 0.4) is 0 Å². The molecule has 1 aliphatic heterocycles. The maximum Gasteiger partial charge on any atom is 0.415 e. The molecule has 1 amide bonds. The lowest BCUT2D eigenvalue weighted by Gasteiger charge is -2.30. The zero-order valence-corrected chi connectivity index (χ0v) is 15.2. The van der Waals surface area contributed by atoms with Crippen LogP contribution < -0.4 is 0 Å².